The molecule has 1 aromatic heterocycles. The van der Waals surface area contributed by atoms with E-state index in [2.05, 4.69) is 36.2 Å². The second kappa shape index (κ2) is 6.07. The van der Waals surface area contributed by atoms with Crippen molar-refractivity contribution in [1.29, 1.82) is 0 Å². The quantitative estimate of drug-likeness (QED) is 0.935. The summed E-state index contributed by atoms with van der Waals surface area (Å²) in [5.41, 5.74) is 2.17. The lowest BCUT2D eigenvalue weighted by molar-refractivity contribution is -0.119. The van der Waals surface area contributed by atoms with Gasteiger partial charge in [0.15, 0.2) is 5.13 Å². The molecule has 0 aliphatic carbocycles. The van der Waals surface area contributed by atoms with Crippen molar-refractivity contribution in [2.24, 2.45) is 0 Å². The number of rotatable bonds is 3. The van der Waals surface area contributed by atoms with Gasteiger partial charge < -0.3 is 10.2 Å². The predicted octanol–water partition coefficient (Wildman–Crippen LogP) is 3.36. The average Bonchev–Trinajstić information content (AvgIpc) is 2.90. The molecule has 1 aliphatic rings. The van der Waals surface area contributed by atoms with Gasteiger partial charge in [-0.2, -0.15) is 0 Å². The minimum absolute atomic E-state index is 0.105. The number of hydrogen-bond donors (Lipinski definition) is 1. The van der Waals surface area contributed by atoms with Gasteiger partial charge in [-0.15, -0.1) is 0 Å². The molecule has 23 heavy (non-hydrogen) atoms. The van der Waals surface area contributed by atoms with Crippen molar-refractivity contribution < 1.29 is 9.18 Å². The molecule has 1 N–H and O–H groups in total. The molecule has 1 amide bonds. The number of fused-ring (bicyclic) bond motifs is 1. The minimum Gasteiger partial charge on any atom is -0.353 e. The average molecular weight is 335 g/mol. The van der Waals surface area contributed by atoms with Crippen molar-refractivity contribution in [3.05, 3.63) is 23.3 Å². The Morgan fingerprint density at radius 1 is 1.39 bits per heavy atom. The summed E-state index contributed by atoms with van der Waals surface area (Å²) in [7, 11) is 0. The molecule has 2 heterocycles. The first-order valence-corrected chi connectivity index (χ1v) is 8.74. The number of thiazole rings is 1. The van der Waals surface area contributed by atoms with E-state index in [0.29, 0.717) is 25.9 Å². The van der Waals surface area contributed by atoms with Crippen LogP contribution in [-0.4, -0.2) is 36.2 Å². The van der Waals surface area contributed by atoms with Gasteiger partial charge in [-0.05, 0) is 31.0 Å². The van der Waals surface area contributed by atoms with Gasteiger partial charge >= 0.3 is 0 Å². The number of alkyl halides is 1. The lowest BCUT2D eigenvalue weighted by Gasteiger charge is -2.36. The molecular formula is C17H22FN3OS. The number of carbonyl (C=O) groups is 1. The van der Waals surface area contributed by atoms with Gasteiger partial charge in [-0.25, -0.2) is 9.37 Å². The summed E-state index contributed by atoms with van der Waals surface area (Å²) in [6.45, 7) is 6.96. The molecule has 3 rings (SSSR count). The van der Waals surface area contributed by atoms with Gasteiger partial charge in [0, 0.05) is 32.9 Å². The third-order valence-corrected chi connectivity index (χ3v) is 5.47. The molecule has 1 saturated heterocycles. The molecule has 0 atom stereocenters. The van der Waals surface area contributed by atoms with Gasteiger partial charge in [0.1, 0.15) is 5.67 Å². The number of carbonyl (C=O) groups excluding carboxylic acids is 1. The number of piperidine rings is 1. The standard InChI is InChI=1S/C17H22FN3OS/c1-11-8-12(2)15-14(9-11)23-16(20-15)21-6-4-17(18,5-7-21)10-19-13(3)22/h8-9H,4-7,10H2,1-3H3,(H,19,22). The lowest BCUT2D eigenvalue weighted by atomic mass is 9.93. The second-order valence-electron chi connectivity index (χ2n) is 6.47. The number of nitrogens with zero attached hydrogens (tertiary/aromatic N) is 2. The first-order valence-electron chi connectivity index (χ1n) is 7.92. The largest absolute Gasteiger partial charge is 0.353 e. The molecule has 124 valence electrons. The number of aromatic nitrogens is 1. The number of hydrogen-bond acceptors (Lipinski definition) is 4. The molecule has 6 heteroatoms. The van der Waals surface area contributed by atoms with E-state index < -0.39 is 5.67 Å². The monoisotopic (exact) mass is 335 g/mol. The van der Waals surface area contributed by atoms with Crippen molar-refractivity contribution in [1.82, 2.24) is 10.3 Å². The van der Waals surface area contributed by atoms with Crippen molar-refractivity contribution in [2.75, 3.05) is 24.5 Å². The highest BCUT2D eigenvalue weighted by atomic mass is 32.1. The third kappa shape index (κ3) is 3.47. The summed E-state index contributed by atoms with van der Waals surface area (Å²) in [4.78, 5) is 17.9. The zero-order valence-corrected chi connectivity index (χ0v) is 14.6. The van der Waals surface area contributed by atoms with Crippen LogP contribution in [0.4, 0.5) is 9.52 Å². The maximum Gasteiger partial charge on any atom is 0.216 e. The van der Waals surface area contributed by atoms with Crippen molar-refractivity contribution in [3.8, 4) is 0 Å². The summed E-state index contributed by atoms with van der Waals surface area (Å²) in [6, 6.07) is 4.30. The first kappa shape index (κ1) is 16.2. The van der Waals surface area contributed by atoms with E-state index in [-0.39, 0.29) is 12.5 Å². The molecular weight excluding hydrogens is 313 g/mol. The number of halogens is 1. The Bertz CT molecular complexity index is 735. The van der Waals surface area contributed by atoms with E-state index >= 15 is 0 Å². The highest BCUT2D eigenvalue weighted by Gasteiger charge is 2.35. The van der Waals surface area contributed by atoms with Crippen LogP contribution in [-0.2, 0) is 4.79 Å². The van der Waals surface area contributed by atoms with Crippen LogP contribution in [0, 0.1) is 13.8 Å². The van der Waals surface area contributed by atoms with E-state index in [1.165, 1.54) is 22.8 Å². The number of amides is 1. The van der Waals surface area contributed by atoms with Crippen LogP contribution >= 0.6 is 11.3 Å². The van der Waals surface area contributed by atoms with Crippen LogP contribution in [0.3, 0.4) is 0 Å². The Hall–Kier alpha value is -1.69. The predicted molar refractivity (Wildman–Crippen MR) is 93.1 cm³/mol. The summed E-state index contributed by atoms with van der Waals surface area (Å²) >= 11 is 1.67. The van der Waals surface area contributed by atoms with Crippen LogP contribution in [0.2, 0.25) is 0 Å². The van der Waals surface area contributed by atoms with Crippen LogP contribution in [0.1, 0.15) is 30.9 Å². The normalized spacial score (nSPS) is 17.5. The fourth-order valence-electron chi connectivity index (χ4n) is 3.05. The molecule has 4 nitrogen and oxygen atoms in total. The number of benzene rings is 1. The van der Waals surface area contributed by atoms with Crippen LogP contribution in [0.5, 0.6) is 0 Å². The van der Waals surface area contributed by atoms with Gasteiger partial charge in [-0.3, -0.25) is 4.79 Å². The number of aryl methyl sites for hydroxylation is 2. The first-order chi connectivity index (χ1) is 10.9. The van der Waals surface area contributed by atoms with E-state index in [1.54, 1.807) is 11.3 Å². The van der Waals surface area contributed by atoms with Gasteiger partial charge in [0.05, 0.1) is 16.8 Å². The Morgan fingerprint density at radius 2 is 2.09 bits per heavy atom. The smallest absolute Gasteiger partial charge is 0.216 e. The summed E-state index contributed by atoms with van der Waals surface area (Å²) in [6.07, 6.45) is 0.836. The Kier molecular flexibility index (Phi) is 4.27. The summed E-state index contributed by atoms with van der Waals surface area (Å²) in [5.74, 6) is -0.179. The van der Waals surface area contributed by atoms with E-state index in [9.17, 15) is 9.18 Å². The molecule has 1 aromatic carbocycles. The topological polar surface area (TPSA) is 45.2 Å². The SMILES string of the molecule is CC(=O)NCC1(F)CCN(c2nc3c(C)cc(C)cc3s2)CC1. The van der Waals surface area contributed by atoms with Gasteiger partial charge in [0.25, 0.3) is 0 Å². The fourth-order valence-corrected chi connectivity index (χ4v) is 4.25. The van der Waals surface area contributed by atoms with Crippen LogP contribution < -0.4 is 10.2 Å². The van der Waals surface area contributed by atoms with Crippen molar-refractivity contribution in [3.63, 3.8) is 0 Å². The molecule has 0 saturated carbocycles. The van der Waals surface area contributed by atoms with E-state index in [4.69, 9.17) is 4.98 Å². The Labute approximate surface area is 139 Å². The highest BCUT2D eigenvalue weighted by molar-refractivity contribution is 7.22. The van der Waals surface area contributed by atoms with Crippen LogP contribution in [0.25, 0.3) is 10.2 Å². The molecule has 1 fully saturated rings. The highest BCUT2D eigenvalue weighted by Crippen LogP contribution is 2.35. The maximum atomic E-state index is 14.7. The third-order valence-electron chi connectivity index (χ3n) is 4.40. The van der Waals surface area contributed by atoms with Gasteiger partial charge in [0.2, 0.25) is 5.91 Å². The fraction of sp³-hybridized carbons (Fsp3) is 0.529. The number of anilines is 1. The Morgan fingerprint density at radius 3 is 2.74 bits per heavy atom. The maximum absolute atomic E-state index is 14.7. The number of nitrogens with one attached hydrogen (secondary N) is 1. The molecule has 0 bridgehead atoms. The molecule has 1 aliphatic heterocycles. The summed E-state index contributed by atoms with van der Waals surface area (Å²) in [5, 5.41) is 3.57. The second-order valence-corrected chi connectivity index (χ2v) is 7.48. The van der Waals surface area contributed by atoms with E-state index in [0.717, 1.165) is 10.6 Å². The summed E-state index contributed by atoms with van der Waals surface area (Å²) < 4.78 is 15.9. The Balaban J connectivity index is 1.72. The molecule has 0 radical (unpaired) electrons. The molecule has 2 aromatic rings. The zero-order chi connectivity index (χ0) is 16.6. The van der Waals surface area contributed by atoms with Crippen molar-refractivity contribution >= 4 is 32.6 Å². The molecule has 0 spiro atoms. The minimum atomic E-state index is -1.30. The van der Waals surface area contributed by atoms with Crippen LogP contribution in [0.15, 0.2) is 12.1 Å². The van der Waals surface area contributed by atoms with E-state index in [1.807, 2.05) is 0 Å². The lowest BCUT2D eigenvalue weighted by Crippen LogP contribution is -2.48. The van der Waals surface area contributed by atoms with Gasteiger partial charge in [-0.1, -0.05) is 17.4 Å². The molecule has 0 unspecified atom stereocenters. The zero-order valence-electron chi connectivity index (χ0n) is 13.8. The van der Waals surface area contributed by atoms with Crippen molar-refractivity contribution in [2.45, 2.75) is 39.3 Å².